The number of fused-ring (bicyclic) bond motifs is 3. The largest absolute Gasteiger partial charge is 0.448 e. The highest BCUT2D eigenvalue weighted by molar-refractivity contribution is 9.10. The monoisotopic (exact) mass is 491 g/mol. The number of ether oxygens (including phenoxy) is 1. The average molecular weight is 492 g/mol. The summed E-state index contributed by atoms with van der Waals surface area (Å²) < 4.78 is 6.79. The van der Waals surface area contributed by atoms with Crippen LogP contribution in [0, 0.1) is 0 Å². The van der Waals surface area contributed by atoms with E-state index in [0.717, 1.165) is 10.0 Å². The molecule has 1 N–H and O–H groups in total. The van der Waals surface area contributed by atoms with Crippen molar-refractivity contribution in [3.63, 3.8) is 0 Å². The number of piperidine rings is 1. The lowest BCUT2D eigenvalue weighted by Gasteiger charge is -2.38. The number of rotatable bonds is 4. The number of carbonyl (C=O) groups is 1. The molecule has 4 nitrogen and oxygen atoms in total. The number of hydrogen-bond donors (Lipinski definition) is 1. The molecule has 0 atom stereocenters. The first-order valence-electron chi connectivity index (χ1n) is 11.1. The number of aliphatic hydroxyl groups is 1. The van der Waals surface area contributed by atoms with Crippen molar-refractivity contribution < 1.29 is 14.6 Å². The smallest absolute Gasteiger partial charge is 0.409 e. The van der Waals surface area contributed by atoms with E-state index in [1.165, 1.54) is 22.3 Å². The lowest BCUT2D eigenvalue weighted by atomic mass is 9.85. The minimum absolute atomic E-state index is 0.0598. The fourth-order valence-corrected chi connectivity index (χ4v) is 5.44. The van der Waals surface area contributed by atoms with Gasteiger partial charge in [-0.3, -0.25) is 0 Å². The van der Waals surface area contributed by atoms with Crippen LogP contribution in [0.3, 0.4) is 0 Å². The fraction of sp³-hybridized carbons (Fsp3) is 0.296. The summed E-state index contributed by atoms with van der Waals surface area (Å²) in [5.74, 6) is 0.0598. The van der Waals surface area contributed by atoms with Crippen molar-refractivity contribution in [3.8, 4) is 11.1 Å². The Balaban J connectivity index is 1.20. The van der Waals surface area contributed by atoms with Crippen LogP contribution < -0.4 is 0 Å². The van der Waals surface area contributed by atoms with Crippen LogP contribution in [0.1, 0.15) is 35.4 Å². The van der Waals surface area contributed by atoms with Crippen LogP contribution in [-0.4, -0.2) is 41.4 Å². The summed E-state index contributed by atoms with van der Waals surface area (Å²) in [6, 6.07) is 24.7. The van der Waals surface area contributed by atoms with Crippen LogP contribution in [0.4, 0.5) is 4.79 Å². The van der Waals surface area contributed by atoms with Gasteiger partial charge in [0.15, 0.2) is 0 Å². The van der Waals surface area contributed by atoms with Gasteiger partial charge in [0.25, 0.3) is 0 Å². The molecular formula is C27H26BrNO3. The van der Waals surface area contributed by atoms with Gasteiger partial charge in [-0.25, -0.2) is 4.79 Å². The Morgan fingerprint density at radius 2 is 1.59 bits per heavy atom. The van der Waals surface area contributed by atoms with Gasteiger partial charge in [0, 0.05) is 29.9 Å². The Labute approximate surface area is 197 Å². The van der Waals surface area contributed by atoms with E-state index in [2.05, 4.69) is 40.2 Å². The molecule has 0 unspecified atom stereocenters. The van der Waals surface area contributed by atoms with E-state index in [4.69, 9.17) is 4.74 Å². The van der Waals surface area contributed by atoms with Crippen molar-refractivity contribution in [1.82, 2.24) is 4.90 Å². The number of halogens is 1. The third-order valence-corrected chi connectivity index (χ3v) is 7.20. The number of nitrogens with zero attached hydrogens (tertiary/aromatic N) is 1. The maximum Gasteiger partial charge on any atom is 0.409 e. The van der Waals surface area contributed by atoms with Gasteiger partial charge in [0.1, 0.15) is 6.61 Å². The Bertz CT molecular complexity index is 1090. The fourth-order valence-electron chi connectivity index (χ4n) is 4.99. The predicted octanol–water partition coefficient (Wildman–Crippen LogP) is 5.77. The van der Waals surface area contributed by atoms with Crippen molar-refractivity contribution in [1.29, 1.82) is 0 Å². The maximum absolute atomic E-state index is 12.8. The minimum Gasteiger partial charge on any atom is -0.448 e. The number of carbonyl (C=O) groups excluding carboxylic acids is 1. The lowest BCUT2D eigenvalue weighted by molar-refractivity contribution is -0.0200. The second-order valence-corrected chi connectivity index (χ2v) is 9.74. The van der Waals surface area contributed by atoms with Crippen molar-refractivity contribution in [2.24, 2.45) is 0 Å². The lowest BCUT2D eigenvalue weighted by Crippen LogP contribution is -2.48. The molecule has 0 radical (unpaired) electrons. The summed E-state index contributed by atoms with van der Waals surface area (Å²) in [5, 5.41) is 11.0. The van der Waals surface area contributed by atoms with Gasteiger partial charge in [-0.05, 0) is 52.8 Å². The number of hydrogen-bond acceptors (Lipinski definition) is 3. The van der Waals surface area contributed by atoms with Gasteiger partial charge in [-0.15, -0.1) is 0 Å². The van der Waals surface area contributed by atoms with E-state index in [9.17, 15) is 9.90 Å². The van der Waals surface area contributed by atoms with Crippen LogP contribution in [0.5, 0.6) is 0 Å². The van der Waals surface area contributed by atoms with E-state index >= 15 is 0 Å². The molecule has 5 rings (SSSR count). The summed E-state index contributed by atoms with van der Waals surface area (Å²) in [6.45, 7) is 1.33. The molecule has 1 aliphatic carbocycles. The summed E-state index contributed by atoms with van der Waals surface area (Å²) in [5.41, 5.74) is 5.17. The highest BCUT2D eigenvalue weighted by atomic mass is 79.9. The SMILES string of the molecule is O=C(OCC1c2ccccc2-c2ccccc21)N1CCC(O)(Cc2cccc(Br)c2)CC1. The van der Waals surface area contributed by atoms with Crippen molar-refractivity contribution in [2.75, 3.05) is 19.7 Å². The molecule has 164 valence electrons. The molecule has 0 bridgehead atoms. The zero-order valence-corrected chi connectivity index (χ0v) is 19.4. The molecule has 2 aliphatic rings. The van der Waals surface area contributed by atoms with E-state index in [1.807, 2.05) is 48.5 Å². The topological polar surface area (TPSA) is 49.8 Å². The molecule has 1 aliphatic heterocycles. The van der Waals surface area contributed by atoms with E-state index in [-0.39, 0.29) is 12.0 Å². The zero-order valence-electron chi connectivity index (χ0n) is 17.8. The van der Waals surface area contributed by atoms with E-state index < -0.39 is 5.60 Å². The van der Waals surface area contributed by atoms with Crippen molar-refractivity contribution >= 4 is 22.0 Å². The summed E-state index contributed by atoms with van der Waals surface area (Å²) in [7, 11) is 0. The first kappa shape index (κ1) is 21.2. The molecule has 1 saturated heterocycles. The second-order valence-electron chi connectivity index (χ2n) is 8.82. The van der Waals surface area contributed by atoms with Gasteiger partial charge in [0.2, 0.25) is 0 Å². The molecule has 1 fully saturated rings. The van der Waals surface area contributed by atoms with E-state index in [0.29, 0.717) is 39.0 Å². The third-order valence-electron chi connectivity index (χ3n) is 6.71. The van der Waals surface area contributed by atoms with Crippen LogP contribution in [0.2, 0.25) is 0 Å². The maximum atomic E-state index is 12.8. The third kappa shape index (κ3) is 4.19. The molecule has 0 spiro atoms. The van der Waals surface area contributed by atoms with Gasteiger partial charge >= 0.3 is 6.09 Å². The highest BCUT2D eigenvalue weighted by Gasteiger charge is 2.35. The predicted molar refractivity (Wildman–Crippen MR) is 129 cm³/mol. The summed E-state index contributed by atoms with van der Waals surface area (Å²) >= 11 is 3.49. The highest BCUT2D eigenvalue weighted by Crippen LogP contribution is 2.44. The molecule has 3 aromatic carbocycles. The summed E-state index contributed by atoms with van der Waals surface area (Å²) in [4.78, 5) is 14.5. The van der Waals surface area contributed by atoms with Crippen LogP contribution in [0.15, 0.2) is 77.3 Å². The first-order valence-corrected chi connectivity index (χ1v) is 11.9. The molecule has 32 heavy (non-hydrogen) atoms. The van der Waals surface area contributed by atoms with Gasteiger partial charge in [-0.1, -0.05) is 76.6 Å². The average Bonchev–Trinajstić information content (AvgIpc) is 3.11. The standard InChI is InChI=1S/C27H26BrNO3/c28-20-7-5-6-19(16-20)17-27(31)12-14-29(15-13-27)26(30)32-18-25-23-10-3-1-8-21(23)22-9-2-4-11-24(22)25/h1-11,16,25,31H,12-15,17-18H2. The van der Waals surface area contributed by atoms with Gasteiger partial charge in [-0.2, -0.15) is 0 Å². The normalized spacial score (nSPS) is 17.0. The van der Waals surface area contributed by atoms with Gasteiger partial charge in [0.05, 0.1) is 5.60 Å². The quantitative estimate of drug-likeness (QED) is 0.503. The van der Waals surface area contributed by atoms with Crippen molar-refractivity contribution in [2.45, 2.75) is 30.8 Å². The van der Waals surface area contributed by atoms with Crippen LogP contribution >= 0.6 is 15.9 Å². The zero-order chi connectivity index (χ0) is 22.1. The Morgan fingerprint density at radius 3 is 2.22 bits per heavy atom. The molecule has 1 amide bonds. The molecular weight excluding hydrogens is 466 g/mol. The molecule has 5 heteroatoms. The molecule has 3 aromatic rings. The van der Waals surface area contributed by atoms with Crippen LogP contribution in [0.25, 0.3) is 11.1 Å². The summed E-state index contributed by atoms with van der Waals surface area (Å²) in [6.07, 6.45) is 1.38. The second kappa shape index (κ2) is 8.72. The van der Waals surface area contributed by atoms with Crippen molar-refractivity contribution in [3.05, 3.63) is 94.0 Å². The van der Waals surface area contributed by atoms with E-state index in [1.54, 1.807) is 4.90 Å². The first-order chi connectivity index (χ1) is 15.5. The number of likely N-dealkylation sites (tertiary alicyclic amines) is 1. The Morgan fingerprint density at radius 1 is 0.969 bits per heavy atom. The number of benzene rings is 3. The Hall–Kier alpha value is -2.63. The molecule has 0 saturated carbocycles. The molecule has 1 heterocycles. The molecule has 0 aromatic heterocycles. The number of amides is 1. The minimum atomic E-state index is -0.791. The van der Waals surface area contributed by atoms with Gasteiger partial charge < -0.3 is 14.7 Å². The van der Waals surface area contributed by atoms with Crippen LogP contribution in [-0.2, 0) is 11.2 Å². The Kier molecular flexibility index (Phi) is 5.78.